The van der Waals surface area contributed by atoms with Crippen molar-refractivity contribution in [1.82, 2.24) is 15.5 Å². The first-order chi connectivity index (χ1) is 12.7. The molecule has 1 fully saturated rings. The molecule has 2 aromatic carbocycles. The Morgan fingerprint density at radius 1 is 1.12 bits per heavy atom. The Bertz CT molecular complexity index is 715. The van der Waals surface area contributed by atoms with Gasteiger partial charge in [0.1, 0.15) is 12.4 Å². The number of para-hydroxylation sites is 1. The summed E-state index contributed by atoms with van der Waals surface area (Å²) < 4.78 is 5.86. The number of carbonyl (C=O) groups is 1. The van der Waals surface area contributed by atoms with E-state index >= 15 is 0 Å². The quantitative estimate of drug-likeness (QED) is 0.783. The van der Waals surface area contributed by atoms with Gasteiger partial charge in [-0.15, -0.1) is 0 Å². The number of rotatable bonds is 7. The van der Waals surface area contributed by atoms with Gasteiger partial charge < -0.3 is 15.4 Å². The van der Waals surface area contributed by atoms with Crippen LogP contribution >= 0.6 is 11.6 Å². The minimum atomic E-state index is -0.105. The number of nitrogens with one attached hydrogen (secondary N) is 2. The molecule has 0 atom stereocenters. The molecule has 138 valence electrons. The summed E-state index contributed by atoms with van der Waals surface area (Å²) in [6.45, 7) is 5.95. The van der Waals surface area contributed by atoms with Gasteiger partial charge in [-0.05, 0) is 29.8 Å². The van der Waals surface area contributed by atoms with E-state index in [0.717, 1.165) is 38.3 Å². The second-order valence-electron chi connectivity index (χ2n) is 6.26. The minimum Gasteiger partial charge on any atom is -0.488 e. The summed E-state index contributed by atoms with van der Waals surface area (Å²) in [4.78, 5) is 14.9. The lowest BCUT2D eigenvalue weighted by molar-refractivity contribution is 0.0942. The Labute approximate surface area is 159 Å². The summed E-state index contributed by atoms with van der Waals surface area (Å²) in [7, 11) is 0. The van der Waals surface area contributed by atoms with Crippen LogP contribution in [0.5, 0.6) is 5.75 Å². The zero-order valence-electron chi connectivity index (χ0n) is 14.7. The minimum absolute atomic E-state index is 0.105. The van der Waals surface area contributed by atoms with Gasteiger partial charge in [-0.2, -0.15) is 0 Å². The van der Waals surface area contributed by atoms with Gasteiger partial charge >= 0.3 is 0 Å². The van der Waals surface area contributed by atoms with Crippen molar-refractivity contribution in [1.29, 1.82) is 0 Å². The molecule has 1 aliphatic rings. The highest BCUT2D eigenvalue weighted by Gasteiger charge is 2.13. The normalized spacial score (nSPS) is 14.8. The van der Waals surface area contributed by atoms with Crippen LogP contribution in [0.1, 0.15) is 15.9 Å². The molecular formula is C20H24ClN3O2. The molecular weight excluding hydrogens is 350 g/mol. The van der Waals surface area contributed by atoms with Gasteiger partial charge in [-0.25, -0.2) is 0 Å². The second-order valence-corrected chi connectivity index (χ2v) is 6.70. The molecule has 0 unspecified atom stereocenters. The van der Waals surface area contributed by atoms with Gasteiger partial charge in [0.15, 0.2) is 0 Å². The van der Waals surface area contributed by atoms with E-state index in [1.54, 1.807) is 6.07 Å². The van der Waals surface area contributed by atoms with E-state index in [4.69, 9.17) is 16.3 Å². The average molecular weight is 374 g/mol. The van der Waals surface area contributed by atoms with E-state index in [1.165, 1.54) is 0 Å². The fraction of sp³-hybridized carbons (Fsp3) is 0.350. The molecule has 0 aromatic heterocycles. The first-order valence-electron chi connectivity index (χ1n) is 8.90. The zero-order valence-corrected chi connectivity index (χ0v) is 15.5. The van der Waals surface area contributed by atoms with Crippen LogP contribution in [0.25, 0.3) is 0 Å². The largest absolute Gasteiger partial charge is 0.488 e. The lowest BCUT2D eigenvalue weighted by atomic mass is 10.2. The predicted molar refractivity (Wildman–Crippen MR) is 104 cm³/mol. The van der Waals surface area contributed by atoms with Crippen LogP contribution in [0, 0.1) is 0 Å². The molecule has 2 N–H and O–H groups in total. The van der Waals surface area contributed by atoms with Crippen molar-refractivity contribution in [2.45, 2.75) is 6.61 Å². The van der Waals surface area contributed by atoms with Crippen molar-refractivity contribution < 1.29 is 9.53 Å². The number of hydrogen-bond acceptors (Lipinski definition) is 4. The van der Waals surface area contributed by atoms with Crippen LogP contribution in [0.15, 0.2) is 48.5 Å². The Balaban J connectivity index is 1.53. The summed E-state index contributed by atoms with van der Waals surface area (Å²) >= 11 is 5.90. The zero-order chi connectivity index (χ0) is 18.2. The lowest BCUT2D eigenvalue weighted by Gasteiger charge is -2.27. The molecule has 0 bridgehead atoms. The first-order valence-corrected chi connectivity index (χ1v) is 9.28. The van der Waals surface area contributed by atoms with Crippen LogP contribution in [0.4, 0.5) is 0 Å². The van der Waals surface area contributed by atoms with Gasteiger partial charge in [-0.3, -0.25) is 9.69 Å². The highest BCUT2D eigenvalue weighted by atomic mass is 35.5. The molecule has 3 rings (SSSR count). The highest BCUT2D eigenvalue weighted by molar-refractivity contribution is 6.30. The molecule has 1 heterocycles. The summed E-state index contributed by atoms with van der Waals surface area (Å²) in [5.74, 6) is 0.481. The number of halogens is 1. The van der Waals surface area contributed by atoms with Gasteiger partial charge in [0.05, 0.1) is 5.56 Å². The summed E-state index contributed by atoms with van der Waals surface area (Å²) in [5.41, 5.74) is 1.56. The average Bonchev–Trinajstić information content (AvgIpc) is 2.68. The SMILES string of the molecule is O=C(NCCN1CCNCC1)c1ccccc1OCc1ccc(Cl)cc1. The van der Waals surface area contributed by atoms with Crippen molar-refractivity contribution >= 4 is 17.5 Å². The number of carbonyl (C=O) groups excluding carboxylic acids is 1. The molecule has 6 heteroatoms. The van der Waals surface area contributed by atoms with Crippen LogP contribution < -0.4 is 15.4 Å². The summed E-state index contributed by atoms with van der Waals surface area (Å²) in [5, 5.41) is 7.01. The number of hydrogen-bond donors (Lipinski definition) is 2. The van der Waals surface area contributed by atoms with E-state index in [2.05, 4.69) is 15.5 Å². The van der Waals surface area contributed by atoms with E-state index in [9.17, 15) is 4.79 Å². The van der Waals surface area contributed by atoms with Crippen molar-refractivity contribution in [3.63, 3.8) is 0 Å². The molecule has 0 spiro atoms. The maximum Gasteiger partial charge on any atom is 0.255 e. The third kappa shape index (κ3) is 5.46. The van der Waals surface area contributed by atoms with Crippen LogP contribution in [-0.2, 0) is 6.61 Å². The maximum atomic E-state index is 12.5. The Morgan fingerprint density at radius 2 is 1.85 bits per heavy atom. The number of nitrogens with zero attached hydrogens (tertiary/aromatic N) is 1. The number of ether oxygens (including phenoxy) is 1. The van der Waals surface area contributed by atoms with Gasteiger partial charge in [0.25, 0.3) is 5.91 Å². The standard InChI is InChI=1S/C20H24ClN3O2/c21-17-7-5-16(6-8-17)15-26-19-4-2-1-3-18(19)20(25)23-11-14-24-12-9-22-10-13-24/h1-8,22H,9-15H2,(H,23,25). The second kappa shape index (κ2) is 9.57. The van der Waals surface area contributed by atoms with E-state index < -0.39 is 0 Å². The third-order valence-corrected chi connectivity index (χ3v) is 4.61. The molecule has 5 nitrogen and oxygen atoms in total. The van der Waals surface area contributed by atoms with Crippen LogP contribution in [-0.4, -0.2) is 50.1 Å². The van der Waals surface area contributed by atoms with Crippen LogP contribution in [0.2, 0.25) is 5.02 Å². The van der Waals surface area contributed by atoms with E-state index in [0.29, 0.717) is 29.5 Å². The summed E-state index contributed by atoms with van der Waals surface area (Å²) in [6, 6.07) is 14.8. The van der Waals surface area contributed by atoms with Gasteiger partial charge in [0.2, 0.25) is 0 Å². The fourth-order valence-electron chi connectivity index (χ4n) is 2.88. The molecule has 0 aliphatic carbocycles. The molecule has 0 saturated carbocycles. The molecule has 0 radical (unpaired) electrons. The molecule has 2 aromatic rings. The first kappa shape index (κ1) is 18.7. The molecule has 1 aliphatic heterocycles. The number of benzene rings is 2. The van der Waals surface area contributed by atoms with Crippen molar-refractivity contribution in [2.24, 2.45) is 0 Å². The Hall–Kier alpha value is -2.08. The van der Waals surface area contributed by atoms with Crippen molar-refractivity contribution in [3.8, 4) is 5.75 Å². The molecule has 1 amide bonds. The van der Waals surface area contributed by atoms with E-state index in [-0.39, 0.29) is 5.91 Å². The molecule has 1 saturated heterocycles. The van der Waals surface area contributed by atoms with Gasteiger partial charge in [-0.1, -0.05) is 35.9 Å². The maximum absolute atomic E-state index is 12.5. The topological polar surface area (TPSA) is 53.6 Å². The highest BCUT2D eigenvalue weighted by Crippen LogP contribution is 2.20. The van der Waals surface area contributed by atoms with Crippen molar-refractivity contribution in [3.05, 3.63) is 64.7 Å². The number of amides is 1. The monoisotopic (exact) mass is 373 g/mol. The number of piperazine rings is 1. The third-order valence-electron chi connectivity index (χ3n) is 4.36. The van der Waals surface area contributed by atoms with Crippen LogP contribution in [0.3, 0.4) is 0 Å². The lowest BCUT2D eigenvalue weighted by Crippen LogP contribution is -2.46. The van der Waals surface area contributed by atoms with E-state index in [1.807, 2.05) is 42.5 Å². The smallest absolute Gasteiger partial charge is 0.255 e. The fourth-order valence-corrected chi connectivity index (χ4v) is 3.01. The van der Waals surface area contributed by atoms with Crippen molar-refractivity contribution in [2.75, 3.05) is 39.3 Å². The Morgan fingerprint density at radius 3 is 2.62 bits per heavy atom. The Kier molecular flexibility index (Phi) is 6.89. The summed E-state index contributed by atoms with van der Waals surface area (Å²) in [6.07, 6.45) is 0. The van der Waals surface area contributed by atoms with Gasteiger partial charge in [0, 0.05) is 44.3 Å². The predicted octanol–water partition coefficient (Wildman–Crippen LogP) is 2.55. The molecule has 26 heavy (non-hydrogen) atoms.